The fourth-order valence-corrected chi connectivity index (χ4v) is 2.25. The highest BCUT2D eigenvalue weighted by Gasteiger charge is 2.07. The van der Waals surface area contributed by atoms with Gasteiger partial charge in [-0.25, -0.2) is 4.98 Å². The van der Waals surface area contributed by atoms with Gasteiger partial charge in [0.25, 0.3) is 0 Å². The number of phenolic OH excluding ortho intramolecular Hbond substituents is 1. The van der Waals surface area contributed by atoms with Gasteiger partial charge in [0.05, 0.1) is 16.5 Å². The number of benzene rings is 1. The van der Waals surface area contributed by atoms with E-state index in [0.717, 1.165) is 16.9 Å². The fraction of sp³-hybridized carbons (Fsp3) is 0.167. The van der Waals surface area contributed by atoms with E-state index in [1.54, 1.807) is 31.2 Å². The molecule has 0 amide bonds. The van der Waals surface area contributed by atoms with Crippen LogP contribution >= 0.6 is 11.3 Å². The molecule has 2 rings (SSSR count). The Bertz CT molecular complexity index is 563. The van der Waals surface area contributed by atoms with E-state index in [-0.39, 0.29) is 10.6 Å². The number of rotatable bonds is 4. The highest BCUT2D eigenvalue weighted by molar-refractivity contribution is 7.17. The first-order valence-electron chi connectivity index (χ1n) is 5.27. The summed E-state index contributed by atoms with van der Waals surface area (Å²) in [6.07, 6.45) is 0. The summed E-state index contributed by atoms with van der Waals surface area (Å²) in [6.45, 7) is 2.15. The number of aryl methyl sites for hydroxylation is 1. The molecule has 18 heavy (non-hydrogen) atoms. The summed E-state index contributed by atoms with van der Waals surface area (Å²) >= 11 is 1.06. The first kappa shape index (κ1) is 12.4. The second-order valence-electron chi connectivity index (χ2n) is 3.74. The van der Waals surface area contributed by atoms with Crippen LogP contribution in [0.5, 0.6) is 5.75 Å². The molecule has 0 spiro atoms. The van der Waals surface area contributed by atoms with Crippen molar-refractivity contribution in [2.45, 2.75) is 13.5 Å². The number of anilines is 1. The topological polar surface area (TPSA) is 85.3 Å². The van der Waals surface area contributed by atoms with Gasteiger partial charge in [0.1, 0.15) is 5.75 Å². The minimum absolute atomic E-state index is 0.142. The number of thiazole rings is 1. The Morgan fingerprint density at radius 2 is 2.11 bits per heavy atom. The van der Waals surface area contributed by atoms with Gasteiger partial charge in [0.2, 0.25) is 0 Å². The monoisotopic (exact) mass is 263 g/mol. The molecule has 0 saturated heterocycles. The van der Waals surface area contributed by atoms with Crippen LogP contribution < -0.4 is 10.4 Å². The van der Waals surface area contributed by atoms with Gasteiger partial charge in [0, 0.05) is 6.54 Å². The Kier molecular flexibility index (Phi) is 3.47. The van der Waals surface area contributed by atoms with Crippen molar-refractivity contribution in [2.24, 2.45) is 0 Å². The Labute approximate surface area is 108 Å². The number of carboxylic acid groups (broad SMARTS) is 1. The fourth-order valence-electron chi connectivity index (χ4n) is 1.45. The average Bonchev–Trinajstić information content (AvgIpc) is 2.70. The third-order valence-electron chi connectivity index (χ3n) is 2.36. The van der Waals surface area contributed by atoms with Crippen LogP contribution in [0.25, 0.3) is 0 Å². The lowest BCUT2D eigenvalue weighted by molar-refractivity contribution is -0.254. The molecule has 0 fully saturated rings. The van der Waals surface area contributed by atoms with E-state index >= 15 is 0 Å². The number of aromatic carboxylic acids is 1. The van der Waals surface area contributed by atoms with E-state index in [9.17, 15) is 9.90 Å². The Morgan fingerprint density at radius 1 is 1.44 bits per heavy atom. The number of hydrogen-bond acceptors (Lipinski definition) is 6. The van der Waals surface area contributed by atoms with Gasteiger partial charge in [-0.15, -0.1) is 0 Å². The van der Waals surface area contributed by atoms with Crippen LogP contribution in [0, 0.1) is 6.92 Å². The molecule has 2 N–H and O–H groups in total. The standard InChI is InChI=1S/C12H12N2O3S/c1-7-10(11(16)17)18-12(14-7)13-6-8-2-4-9(15)5-3-8/h2-5,15H,6H2,1H3,(H,13,14)(H,16,17)/p-1. The Hall–Kier alpha value is -2.08. The summed E-state index contributed by atoms with van der Waals surface area (Å²) in [5.74, 6) is -0.995. The molecule has 6 heteroatoms. The number of carboxylic acids is 1. The highest BCUT2D eigenvalue weighted by atomic mass is 32.1. The van der Waals surface area contributed by atoms with Crippen molar-refractivity contribution >= 4 is 22.4 Å². The maximum atomic E-state index is 10.8. The Balaban J connectivity index is 2.04. The molecule has 0 bridgehead atoms. The maximum Gasteiger partial charge on any atom is 0.183 e. The van der Waals surface area contributed by atoms with Crippen LogP contribution in [-0.2, 0) is 6.54 Å². The average molecular weight is 263 g/mol. The van der Waals surface area contributed by atoms with Crippen LogP contribution in [0.2, 0.25) is 0 Å². The molecule has 5 nitrogen and oxygen atoms in total. The molecule has 1 heterocycles. The molecule has 0 radical (unpaired) electrons. The lowest BCUT2D eigenvalue weighted by Gasteiger charge is -2.02. The predicted octanol–water partition coefficient (Wildman–Crippen LogP) is 1.13. The molecule has 0 aliphatic carbocycles. The van der Waals surface area contributed by atoms with Crippen molar-refractivity contribution in [1.82, 2.24) is 4.98 Å². The summed E-state index contributed by atoms with van der Waals surface area (Å²) in [5.41, 5.74) is 1.42. The van der Waals surface area contributed by atoms with Crippen LogP contribution in [0.15, 0.2) is 24.3 Å². The zero-order valence-corrected chi connectivity index (χ0v) is 10.5. The van der Waals surface area contributed by atoms with E-state index in [1.807, 2.05) is 0 Å². The smallest absolute Gasteiger partial charge is 0.183 e. The van der Waals surface area contributed by atoms with Gasteiger partial charge in [-0.2, -0.15) is 0 Å². The molecule has 1 aromatic carbocycles. The van der Waals surface area contributed by atoms with Gasteiger partial charge in [-0.1, -0.05) is 23.5 Å². The number of phenols is 1. The largest absolute Gasteiger partial charge is 0.544 e. The molecule has 0 atom stereocenters. The third-order valence-corrected chi connectivity index (χ3v) is 3.46. The first-order valence-corrected chi connectivity index (χ1v) is 6.08. The van der Waals surface area contributed by atoms with Crippen molar-refractivity contribution in [3.8, 4) is 5.75 Å². The molecular weight excluding hydrogens is 252 g/mol. The zero-order valence-electron chi connectivity index (χ0n) is 9.64. The molecular formula is C12H11N2O3S-. The van der Waals surface area contributed by atoms with Crippen molar-refractivity contribution in [2.75, 3.05) is 5.32 Å². The number of aromatic nitrogens is 1. The number of nitrogens with one attached hydrogen (secondary N) is 1. The number of aromatic hydroxyl groups is 1. The molecule has 2 aromatic rings. The SMILES string of the molecule is Cc1nc(NCc2ccc(O)cc2)sc1C(=O)[O-]. The summed E-state index contributed by atoms with van der Waals surface area (Å²) in [5, 5.41) is 23.5. The molecule has 0 unspecified atom stereocenters. The molecule has 0 aliphatic heterocycles. The van der Waals surface area contributed by atoms with Crippen LogP contribution in [-0.4, -0.2) is 16.1 Å². The van der Waals surface area contributed by atoms with Crippen molar-refractivity contribution in [1.29, 1.82) is 0 Å². The first-order chi connectivity index (χ1) is 8.56. The van der Waals surface area contributed by atoms with Crippen molar-refractivity contribution in [3.63, 3.8) is 0 Å². The highest BCUT2D eigenvalue weighted by Crippen LogP contribution is 2.22. The lowest BCUT2D eigenvalue weighted by Crippen LogP contribution is -2.21. The second-order valence-corrected chi connectivity index (χ2v) is 4.74. The van der Waals surface area contributed by atoms with Gasteiger partial charge in [-0.3, -0.25) is 0 Å². The number of nitrogens with zero attached hydrogens (tertiary/aromatic N) is 1. The molecule has 94 valence electrons. The third kappa shape index (κ3) is 2.78. The van der Waals surface area contributed by atoms with E-state index < -0.39 is 5.97 Å². The minimum atomic E-state index is -1.21. The minimum Gasteiger partial charge on any atom is -0.544 e. The number of hydrogen-bond donors (Lipinski definition) is 2. The van der Waals surface area contributed by atoms with Gasteiger partial charge in [-0.05, 0) is 24.6 Å². The number of carbonyl (C=O) groups excluding carboxylic acids is 1. The Morgan fingerprint density at radius 3 is 2.67 bits per heavy atom. The van der Waals surface area contributed by atoms with Crippen molar-refractivity contribution in [3.05, 3.63) is 40.4 Å². The summed E-state index contributed by atoms with van der Waals surface area (Å²) < 4.78 is 0. The second kappa shape index (κ2) is 5.05. The summed E-state index contributed by atoms with van der Waals surface area (Å²) in [6, 6.07) is 6.75. The predicted molar refractivity (Wildman–Crippen MR) is 66.6 cm³/mol. The van der Waals surface area contributed by atoms with Gasteiger partial charge in [0.15, 0.2) is 5.13 Å². The molecule has 0 saturated carbocycles. The van der Waals surface area contributed by atoms with Crippen LogP contribution in [0.1, 0.15) is 20.9 Å². The summed E-state index contributed by atoms with van der Waals surface area (Å²) in [4.78, 5) is 15.0. The van der Waals surface area contributed by atoms with E-state index in [2.05, 4.69) is 10.3 Å². The van der Waals surface area contributed by atoms with E-state index in [0.29, 0.717) is 17.4 Å². The van der Waals surface area contributed by atoms with Gasteiger partial charge >= 0.3 is 0 Å². The zero-order chi connectivity index (χ0) is 13.1. The normalized spacial score (nSPS) is 10.3. The summed E-state index contributed by atoms with van der Waals surface area (Å²) in [7, 11) is 0. The molecule has 1 aromatic heterocycles. The molecule has 0 aliphatic rings. The quantitative estimate of drug-likeness (QED) is 0.863. The van der Waals surface area contributed by atoms with E-state index in [1.165, 1.54) is 0 Å². The van der Waals surface area contributed by atoms with Crippen molar-refractivity contribution < 1.29 is 15.0 Å². The lowest BCUT2D eigenvalue weighted by atomic mass is 10.2. The van der Waals surface area contributed by atoms with Gasteiger partial charge < -0.3 is 20.3 Å². The maximum absolute atomic E-state index is 10.8. The van der Waals surface area contributed by atoms with Crippen LogP contribution in [0.4, 0.5) is 5.13 Å². The van der Waals surface area contributed by atoms with Crippen LogP contribution in [0.3, 0.4) is 0 Å². The van der Waals surface area contributed by atoms with E-state index in [4.69, 9.17) is 5.11 Å². The number of carbonyl (C=O) groups is 1.